The Morgan fingerprint density at radius 2 is 2.00 bits per heavy atom. The van der Waals surface area contributed by atoms with Gasteiger partial charge in [0.2, 0.25) is 6.29 Å². The summed E-state index contributed by atoms with van der Waals surface area (Å²) in [7, 11) is 4.55. The summed E-state index contributed by atoms with van der Waals surface area (Å²) in [5, 5.41) is 11.4. The van der Waals surface area contributed by atoms with Gasteiger partial charge in [0.15, 0.2) is 0 Å². The third-order valence-electron chi connectivity index (χ3n) is 5.49. The Morgan fingerprint density at radius 3 is 2.59 bits per heavy atom. The number of carbonyl (C=O) groups excluding carboxylic acids is 2. The van der Waals surface area contributed by atoms with Crippen LogP contribution in [0.15, 0.2) is 18.3 Å². The van der Waals surface area contributed by atoms with Crippen molar-refractivity contribution in [2.24, 2.45) is 0 Å². The number of rotatable bonds is 6. The van der Waals surface area contributed by atoms with E-state index >= 15 is 0 Å². The Labute approximate surface area is 215 Å². The minimum Gasteiger partial charge on any atom is -0.444 e. The lowest BCUT2D eigenvalue weighted by Crippen LogP contribution is -2.40. The molecule has 0 bridgehead atoms. The van der Waals surface area contributed by atoms with Crippen molar-refractivity contribution in [3.63, 3.8) is 0 Å². The smallest absolute Gasteiger partial charge is 0.410 e. The number of halogens is 1. The van der Waals surface area contributed by atoms with Gasteiger partial charge in [-0.3, -0.25) is 10.2 Å². The predicted molar refractivity (Wildman–Crippen MR) is 132 cm³/mol. The number of carbonyl (C=O) groups is 2. The van der Waals surface area contributed by atoms with Gasteiger partial charge in [-0.1, -0.05) is 0 Å². The van der Waals surface area contributed by atoms with Gasteiger partial charge in [0, 0.05) is 33.9 Å². The Balaban J connectivity index is 1.93. The lowest BCUT2D eigenvalue weighted by molar-refractivity contribution is -0.109. The molecule has 3 amide bonds. The quantitative estimate of drug-likeness (QED) is 0.570. The fraction of sp³-hybridized carbons (Fsp3) is 0.480. The summed E-state index contributed by atoms with van der Waals surface area (Å²) in [6.45, 7) is 5.91. The lowest BCUT2D eigenvalue weighted by atomic mass is 10.0. The Bertz CT molecular complexity index is 1210. The summed E-state index contributed by atoms with van der Waals surface area (Å²) >= 11 is 0. The van der Waals surface area contributed by atoms with Crippen LogP contribution in [0.1, 0.15) is 55.9 Å². The van der Waals surface area contributed by atoms with E-state index in [1.165, 1.54) is 24.0 Å². The molecule has 2 aromatic heterocycles. The molecule has 0 saturated heterocycles. The van der Waals surface area contributed by atoms with E-state index in [-0.39, 0.29) is 17.9 Å². The second kappa shape index (κ2) is 11.5. The molecule has 0 radical (unpaired) electrons. The molecule has 0 spiro atoms. The molecule has 11 nitrogen and oxygen atoms in total. The summed E-state index contributed by atoms with van der Waals surface area (Å²) in [6, 6.07) is 4.00. The highest BCUT2D eigenvalue weighted by Crippen LogP contribution is 2.32. The van der Waals surface area contributed by atoms with E-state index in [4.69, 9.17) is 24.5 Å². The zero-order valence-corrected chi connectivity index (χ0v) is 21.8. The number of aryl methyl sites for hydroxylation is 1. The molecule has 0 aliphatic carbocycles. The maximum absolute atomic E-state index is 14.0. The van der Waals surface area contributed by atoms with E-state index < -0.39 is 29.8 Å². The normalized spacial score (nSPS) is 13.1. The summed E-state index contributed by atoms with van der Waals surface area (Å²) in [5.74, 6) is -0.416. The van der Waals surface area contributed by atoms with Crippen LogP contribution >= 0.6 is 0 Å². The van der Waals surface area contributed by atoms with E-state index in [1.807, 2.05) is 6.07 Å². The Hall–Kier alpha value is -3.82. The number of aromatic nitrogens is 2. The second-order valence-electron chi connectivity index (χ2n) is 9.50. The molecule has 198 valence electrons. The van der Waals surface area contributed by atoms with Crippen molar-refractivity contribution in [2.75, 3.05) is 38.0 Å². The minimum atomic E-state index is -0.853. The van der Waals surface area contributed by atoms with Gasteiger partial charge in [-0.15, -0.1) is 0 Å². The van der Waals surface area contributed by atoms with Crippen molar-refractivity contribution >= 4 is 23.8 Å². The maximum atomic E-state index is 14.0. The second-order valence-corrected chi connectivity index (χ2v) is 9.50. The standard InChI is InChI=1S/C25H31FN6O5/c1-25(2,3)37-24(34)31(4)14-16-10-15-8-7-9-32(21(15)30-20(16)22(35-5)36-6)23(33)29-19-11-18(26)17(12-27)13-28-19/h10-11,13,22H,7-9,14H2,1-6H3,(H,28,29,33). The van der Waals surface area contributed by atoms with Crippen LogP contribution in [-0.4, -0.2) is 60.4 Å². The number of ether oxygens (including phenoxy) is 3. The van der Waals surface area contributed by atoms with Gasteiger partial charge in [-0.25, -0.2) is 23.9 Å². The number of urea groups is 1. The molecule has 0 atom stereocenters. The molecule has 37 heavy (non-hydrogen) atoms. The van der Waals surface area contributed by atoms with Gasteiger partial charge in [-0.2, -0.15) is 5.26 Å². The van der Waals surface area contributed by atoms with E-state index in [0.29, 0.717) is 36.5 Å². The SMILES string of the molecule is COC(OC)c1nc2c(cc1CN(C)C(=O)OC(C)(C)C)CCCN2C(=O)Nc1cc(F)c(C#N)cn1. The van der Waals surface area contributed by atoms with Gasteiger partial charge in [0.25, 0.3) is 0 Å². The highest BCUT2D eigenvalue weighted by atomic mass is 19.1. The number of hydrogen-bond acceptors (Lipinski definition) is 8. The Morgan fingerprint density at radius 1 is 1.30 bits per heavy atom. The fourth-order valence-electron chi connectivity index (χ4n) is 3.82. The zero-order valence-electron chi connectivity index (χ0n) is 21.8. The fourth-order valence-corrected chi connectivity index (χ4v) is 3.82. The van der Waals surface area contributed by atoms with Crippen molar-refractivity contribution in [2.45, 2.75) is 52.0 Å². The van der Waals surface area contributed by atoms with Crippen LogP contribution in [0.3, 0.4) is 0 Å². The van der Waals surface area contributed by atoms with Gasteiger partial charge in [-0.05, 0) is 50.8 Å². The van der Waals surface area contributed by atoms with Crippen molar-refractivity contribution in [3.8, 4) is 6.07 Å². The average Bonchev–Trinajstić information content (AvgIpc) is 2.83. The number of hydrogen-bond donors (Lipinski definition) is 1. The molecule has 12 heteroatoms. The molecule has 1 aliphatic heterocycles. The number of amides is 3. The van der Waals surface area contributed by atoms with E-state index in [0.717, 1.165) is 17.8 Å². The molecule has 3 heterocycles. The minimum absolute atomic E-state index is 0.0314. The molecule has 0 saturated carbocycles. The summed E-state index contributed by atoms with van der Waals surface area (Å²) in [5.41, 5.74) is 1.01. The molecule has 0 aromatic carbocycles. The Kier molecular flexibility index (Phi) is 8.62. The van der Waals surface area contributed by atoms with Crippen LogP contribution in [0.4, 0.5) is 25.6 Å². The highest BCUT2D eigenvalue weighted by Gasteiger charge is 2.29. The van der Waals surface area contributed by atoms with Crippen molar-refractivity contribution in [3.05, 3.63) is 46.5 Å². The number of nitriles is 1. The van der Waals surface area contributed by atoms with Crippen molar-refractivity contribution in [1.29, 1.82) is 5.26 Å². The number of nitrogens with one attached hydrogen (secondary N) is 1. The molecular weight excluding hydrogens is 483 g/mol. The predicted octanol–water partition coefficient (Wildman–Crippen LogP) is 4.13. The van der Waals surface area contributed by atoms with E-state index in [1.54, 1.807) is 33.9 Å². The maximum Gasteiger partial charge on any atom is 0.410 e. The summed E-state index contributed by atoms with van der Waals surface area (Å²) < 4.78 is 30.4. The van der Waals surface area contributed by atoms with Gasteiger partial charge < -0.3 is 19.1 Å². The number of nitrogens with zero attached hydrogens (tertiary/aromatic N) is 5. The van der Waals surface area contributed by atoms with Crippen LogP contribution in [0.5, 0.6) is 0 Å². The van der Waals surface area contributed by atoms with Crippen LogP contribution < -0.4 is 10.2 Å². The van der Waals surface area contributed by atoms with E-state index in [9.17, 15) is 14.0 Å². The average molecular weight is 515 g/mol. The van der Waals surface area contributed by atoms with Crippen LogP contribution in [0, 0.1) is 17.1 Å². The topological polar surface area (TPSA) is 130 Å². The molecule has 0 unspecified atom stereocenters. The first-order chi connectivity index (χ1) is 17.5. The first-order valence-corrected chi connectivity index (χ1v) is 11.6. The third-order valence-corrected chi connectivity index (χ3v) is 5.49. The number of methoxy groups -OCH3 is 2. The monoisotopic (exact) mass is 514 g/mol. The van der Waals surface area contributed by atoms with Crippen LogP contribution in [0.25, 0.3) is 0 Å². The molecule has 1 aliphatic rings. The summed E-state index contributed by atoms with van der Waals surface area (Å²) in [4.78, 5) is 37.2. The highest BCUT2D eigenvalue weighted by molar-refractivity contribution is 6.01. The number of fused-ring (bicyclic) bond motifs is 1. The largest absolute Gasteiger partial charge is 0.444 e. The molecule has 2 aromatic rings. The molecular formula is C25H31FN6O5. The van der Waals surface area contributed by atoms with Gasteiger partial charge in [0.05, 0.1) is 12.7 Å². The van der Waals surface area contributed by atoms with E-state index in [2.05, 4.69) is 10.3 Å². The number of anilines is 2. The van der Waals surface area contributed by atoms with Crippen LogP contribution in [0.2, 0.25) is 0 Å². The first kappa shape index (κ1) is 27.8. The van der Waals surface area contributed by atoms with Gasteiger partial charge >= 0.3 is 12.1 Å². The lowest BCUT2D eigenvalue weighted by Gasteiger charge is -2.31. The zero-order chi connectivity index (χ0) is 27.3. The number of pyridine rings is 2. The molecule has 3 rings (SSSR count). The first-order valence-electron chi connectivity index (χ1n) is 11.6. The van der Waals surface area contributed by atoms with Crippen molar-refractivity contribution in [1.82, 2.24) is 14.9 Å². The van der Waals surface area contributed by atoms with Gasteiger partial charge in [0.1, 0.15) is 40.4 Å². The van der Waals surface area contributed by atoms with Crippen molar-refractivity contribution < 1.29 is 28.2 Å². The molecule has 0 fully saturated rings. The summed E-state index contributed by atoms with van der Waals surface area (Å²) in [6.07, 6.45) is 1.03. The third kappa shape index (κ3) is 6.69. The molecule has 1 N–H and O–H groups in total. The van der Waals surface area contributed by atoms with Crippen LogP contribution in [-0.2, 0) is 27.2 Å².